The van der Waals surface area contributed by atoms with Gasteiger partial charge in [-0.15, -0.1) is 0 Å². The molecule has 4 N–H and O–H groups in total. The SMILES string of the molecule is CC.CC.CCCOC(C)(C)CCNC(=O)CCC(N)C(=O)NCCC(C)(C)OCCC. The van der Waals surface area contributed by atoms with E-state index >= 15 is 0 Å². The molecule has 7 heteroatoms. The molecular weight excluding hydrogens is 406 g/mol. The van der Waals surface area contributed by atoms with Crippen LogP contribution in [0.4, 0.5) is 0 Å². The highest BCUT2D eigenvalue weighted by Crippen LogP contribution is 2.14. The highest BCUT2D eigenvalue weighted by atomic mass is 16.5. The summed E-state index contributed by atoms with van der Waals surface area (Å²) in [6.45, 7) is 22.7. The molecule has 0 aliphatic carbocycles. The third kappa shape index (κ3) is 22.0. The molecule has 0 aliphatic heterocycles. The van der Waals surface area contributed by atoms with Gasteiger partial charge in [-0.25, -0.2) is 0 Å². The van der Waals surface area contributed by atoms with Gasteiger partial charge in [-0.05, 0) is 59.8 Å². The van der Waals surface area contributed by atoms with Crippen molar-refractivity contribution in [2.75, 3.05) is 26.3 Å². The first-order valence-electron chi connectivity index (χ1n) is 12.6. The molecule has 0 radical (unpaired) electrons. The minimum Gasteiger partial charge on any atom is -0.376 e. The first-order valence-corrected chi connectivity index (χ1v) is 12.6. The van der Waals surface area contributed by atoms with Gasteiger partial charge >= 0.3 is 0 Å². The molecule has 0 rings (SSSR count). The van der Waals surface area contributed by atoms with Gasteiger partial charge in [-0.2, -0.15) is 0 Å². The molecule has 7 nitrogen and oxygen atoms in total. The zero-order valence-electron chi connectivity index (χ0n) is 22.9. The monoisotopic (exact) mass is 461 g/mol. The van der Waals surface area contributed by atoms with Crippen LogP contribution in [-0.4, -0.2) is 55.4 Å². The summed E-state index contributed by atoms with van der Waals surface area (Å²) in [6, 6.07) is -0.685. The average Bonchev–Trinajstić information content (AvgIpc) is 2.77. The van der Waals surface area contributed by atoms with Crippen molar-refractivity contribution in [3.8, 4) is 0 Å². The van der Waals surface area contributed by atoms with Crippen molar-refractivity contribution in [1.82, 2.24) is 10.6 Å². The normalized spacial score (nSPS) is 12.0. The van der Waals surface area contributed by atoms with E-state index in [0.717, 1.165) is 19.3 Å². The third-order valence-corrected chi connectivity index (χ3v) is 4.49. The Balaban J connectivity index is -0.00000198. The lowest BCUT2D eigenvalue weighted by molar-refractivity contribution is -0.123. The highest BCUT2D eigenvalue weighted by Gasteiger charge is 2.20. The quantitative estimate of drug-likeness (QED) is 0.312. The Labute approximate surface area is 198 Å². The summed E-state index contributed by atoms with van der Waals surface area (Å²) >= 11 is 0. The van der Waals surface area contributed by atoms with Crippen LogP contribution < -0.4 is 16.4 Å². The predicted octanol–water partition coefficient (Wildman–Crippen LogP) is 4.57. The summed E-state index contributed by atoms with van der Waals surface area (Å²) in [6.07, 6.45) is 3.94. The number of amides is 2. The van der Waals surface area contributed by atoms with Gasteiger partial charge in [0.2, 0.25) is 11.8 Å². The topological polar surface area (TPSA) is 103 Å². The van der Waals surface area contributed by atoms with Crippen molar-refractivity contribution >= 4 is 11.8 Å². The molecule has 32 heavy (non-hydrogen) atoms. The molecule has 0 aromatic carbocycles. The number of nitrogens with two attached hydrogens (primary N) is 1. The van der Waals surface area contributed by atoms with Crippen LogP contribution >= 0.6 is 0 Å². The standard InChI is InChI=1S/C21H43N3O4.2C2H6/c1-7-15-27-20(3,4)11-13-23-18(25)10-9-17(22)19(26)24-14-12-21(5,6)28-16-8-2;2*1-2/h17H,7-16,22H2,1-6H3,(H,23,25)(H,24,26);2*1-2H3. The molecule has 0 fully saturated rings. The van der Waals surface area contributed by atoms with Gasteiger partial charge in [0.05, 0.1) is 17.2 Å². The van der Waals surface area contributed by atoms with E-state index in [1.807, 2.05) is 55.4 Å². The molecule has 0 spiro atoms. The molecule has 1 unspecified atom stereocenters. The lowest BCUT2D eigenvalue weighted by Gasteiger charge is -2.25. The van der Waals surface area contributed by atoms with E-state index in [0.29, 0.717) is 39.1 Å². The fourth-order valence-corrected chi connectivity index (χ4v) is 2.53. The number of rotatable bonds is 16. The van der Waals surface area contributed by atoms with Gasteiger partial charge in [-0.3, -0.25) is 9.59 Å². The minimum absolute atomic E-state index is 0.0939. The van der Waals surface area contributed by atoms with Crippen LogP contribution in [0.3, 0.4) is 0 Å². The fourth-order valence-electron chi connectivity index (χ4n) is 2.53. The zero-order valence-corrected chi connectivity index (χ0v) is 22.9. The summed E-state index contributed by atoms with van der Waals surface area (Å²) < 4.78 is 11.5. The fraction of sp³-hybridized carbons (Fsp3) is 0.920. The average molecular weight is 462 g/mol. The van der Waals surface area contributed by atoms with E-state index in [9.17, 15) is 9.59 Å². The lowest BCUT2D eigenvalue weighted by Crippen LogP contribution is -2.43. The van der Waals surface area contributed by atoms with Crippen LogP contribution in [0.1, 0.15) is 108 Å². The molecule has 0 heterocycles. The molecule has 0 bridgehead atoms. The Morgan fingerprint density at radius 2 is 1.22 bits per heavy atom. The van der Waals surface area contributed by atoms with E-state index in [4.69, 9.17) is 15.2 Å². The number of hydrogen-bond donors (Lipinski definition) is 3. The van der Waals surface area contributed by atoms with Crippen LogP contribution in [-0.2, 0) is 19.1 Å². The van der Waals surface area contributed by atoms with Crippen LogP contribution in [0.15, 0.2) is 0 Å². The maximum absolute atomic E-state index is 12.1. The second-order valence-corrected chi connectivity index (χ2v) is 8.50. The summed E-state index contributed by atoms with van der Waals surface area (Å²) in [7, 11) is 0. The lowest BCUT2D eigenvalue weighted by atomic mass is 10.0. The molecule has 0 aromatic heterocycles. The maximum atomic E-state index is 12.1. The maximum Gasteiger partial charge on any atom is 0.236 e. The Morgan fingerprint density at radius 3 is 1.62 bits per heavy atom. The van der Waals surface area contributed by atoms with Crippen molar-refractivity contribution in [3.05, 3.63) is 0 Å². The van der Waals surface area contributed by atoms with Gasteiger partial charge in [0.15, 0.2) is 0 Å². The highest BCUT2D eigenvalue weighted by molar-refractivity contribution is 5.82. The molecule has 2 amide bonds. The van der Waals surface area contributed by atoms with Crippen LogP contribution in [0, 0.1) is 0 Å². The van der Waals surface area contributed by atoms with Crippen molar-refractivity contribution in [2.24, 2.45) is 5.73 Å². The van der Waals surface area contributed by atoms with Gasteiger partial charge in [0, 0.05) is 32.7 Å². The molecular formula is C25H55N3O4. The van der Waals surface area contributed by atoms with Crippen LogP contribution in [0.5, 0.6) is 0 Å². The Morgan fingerprint density at radius 1 is 0.812 bits per heavy atom. The molecule has 194 valence electrons. The number of hydrogen-bond acceptors (Lipinski definition) is 5. The van der Waals surface area contributed by atoms with E-state index in [2.05, 4.69) is 24.5 Å². The van der Waals surface area contributed by atoms with E-state index in [-0.39, 0.29) is 29.4 Å². The number of carbonyl (C=O) groups is 2. The van der Waals surface area contributed by atoms with Crippen molar-refractivity contribution in [3.63, 3.8) is 0 Å². The smallest absolute Gasteiger partial charge is 0.236 e. The van der Waals surface area contributed by atoms with Crippen LogP contribution in [0.25, 0.3) is 0 Å². The van der Waals surface area contributed by atoms with Gasteiger partial charge in [-0.1, -0.05) is 41.5 Å². The summed E-state index contributed by atoms with van der Waals surface area (Å²) in [5, 5.41) is 5.70. The van der Waals surface area contributed by atoms with E-state index in [1.54, 1.807) is 0 Å². The van der Waals surface area contributed by atoms with Gasteiger partial charge < -0.3 is 25.8 Å². The number of ether oxygens (including phenoxy) is 2. The molecule has 0 saturated carbocycles. The van der Waals surface area contributed by atoms with Crippen molar-refractivity contribution in [2.45, 2.75) is 125 Å². The summed E-state index contributed by atoms with van der Waals surface area (Å²) in [5.41, 5.74) is 5.37. The summed E-state index contributed by atoms with van der Waals surface area (Å²) in [4.78, 5) is 24.0. The first-order chi connectivity index (χ1) is 15.0. The second-order valence-electron chi connectivity index (χ2n) is 8.50. The third-order valence-electron chi connectivity index (χ3n) is 4.49. The van der Waals surface area contributed by atoms with E-state index in [1.165, 1.54) is 0 Å². The van der Waals surface area contributed by atoms with Gasteiger partial charge in [0.25, 0.3) is 0 Å². The largest absolute Gasteiger partial charge is 0.376 e. The molecule has 0 aromatic rings. The Kier molecular flexibility index (Phi) is 24.0. The Bertz CT molecular complexity index is 454. The summed E-state index contributed by atoms with van der Waals surface area (Å²) in [5.74, 6) is -0.322. The van der Waals surface area contributed by atoms with Gasteiger partial charge in [0.1, 0.15) is 0 Å². The first kappa shape index (κ1) is 35.4. The minimum atomic E-state index is -0.685. The Hall–Kier alpha value is -1.18. The molecule has 1 atom stereocenters. The van der Waals surface area contributed by atoms with Crippen molar-refractivity contribution < 1.29 is 19.1 Å². The van der Waals surface area contributed by atoms with Crippen LogP contribution in [0.2, 0.25) is 0 Å². The molecule has 0 saturated heterocycles. The number of nitrogens with one attached hydrogen (secondary N) is 2. The second kappa shape index (κ2) is 21.7. The van der Waals surface area contributed by atoms with E-state index < -0.39 is 6.04 Å². The van der Waals surface area contributed by atoms with Crippen molar-refractivity contribution in [1.29, 1.82) is 0 Å². The molecule has 0 aliphatic rings. The number of carbonyl (C=O) groups excluding carboxylic acids is 2. The predicted molar refractivity (Wildman–Crippen MR) is 136 cm³/mol. The zero-order chi connectivity index (χ0) is 25.6.